The van der Waals surface area contributed by atoms with Crippen molar-refractivity contribution in [2.75, 3.05) is 16.2 Å². The molecule has 0 spiro atoms. The second-order valence-corrected chi connectivity index (χ2v) is 5.64. The third kappa shape index (κ3) is 5.23. The largest absolute Gasteiger partial charge is 0.344 e. The molecule has 0 aliphatic rings. The van der Waals surface area contributed by atoms with E-state index in [2.05, 4.69) is 56.3 Å². The lowest BCUT2D eigenvalue weighted by Gasteiger charge is -2.09. The highest BCUT2D eigenvalue weighted by Crippen LogP contribution is 2.19. The first-order valence-electron chi connectivity index (χ1n) is 8.63. The quantitative estimate of drug-likeness (QED) is 0.231. The molecule has 5 N–H and O–H groups in total. The Labute approximate surface area is 165 Å². The molecule has 0 radical (unpaired) electrons. The summed E-state index contributed by atoms with van der Waals surface area (Å²) >= 11 is 0. The van der Waals surface area contributed by atoms with Crippen LogP contribution in [0.1, 0.15) is 11.6 Å². The molecule has 0 fully saturated rings. The van der Waals surface area contributed by atoms with E-state index in [0.717, 1.165) is 5.69 Å². The molecule has 0 saturated carbocycles. The van der Waals surface area contributed by atoms with Crippen LogP contribution in [0.5, 0.6) is 0 Å². The molecule has 0 amide bonds. The van der Waals surface area contributed by atoms with Gasteiger partial charge in [0.05, 0.1) is 12.4 Å². The van der Waals surface area contributed by atoms with Crippen LogP contribution in [0.15, 0.2) is 71.4 Å². The van der Waals surface area contributed by atoms with Crippen LogP contribution in [0.3, 0.4) is 0 Å². The summed E-state index contributed by atoms with van der Waals surface area (Å²) in [4.78, 5) is 22.8. The number of nitrogens with one attached hydrogen (secondary N) is 5. The van der Waals surface area contributed by atoms with Crippen LogP contribution in [0, 0.1) is 0 Å². The molecular weight excluding hydrogens is 370 g/mol. The Bertz CT molecular complexity index is 1010. The highest BCUT2D eigenvalue weighted by atomic mass is 15.4. The summed E-state index contributed by atoms with van der Waals surface area (Å²) in [5.74, 6) is 2.55. The molecule has 3 aromatic heterocycles. The molecule has 0 aliphatic carbocycles. The first-order valence-corrected chi connectivity index (χ1v) is 8.63. The Balaban J connectivity index is 1.52. The van der Waals surface area contributed by atoms with Crippen LogP contribution >= 0.6 is 0 Å². The molecule has 4 rings (SSSR count). The number of hydrazone groups is 2. The van der Waals surface area contributed by atoms with Crippen molar-refractivity contribution in [1.29, 1.82) is 0 Å². The predicted octanol–water partition coefficient (Wildman–Crippen LogP) is 2.56. The second-order valence-electron chi connectivity index (χ2n) is 5.64. The van der Waals surface area contributed by atoms with Crippen molar-refractivity contribution in [2.45, 2.75) is 0 Å². The van der Waals surface area contributed by atoms with Gasteiger partial charge in [-0.05, 0) is 12.1 Å². The summed E-state index contributed by atoms with van der Waals surface area (Å²) < 4.78 is 0. The van der Waals surface area contributed by atoms with E-state index < -0.39 is 0 Å². The molecular formula is C18H17N11. The van der Waals surface area contributed by atoms with Gasteiger partial charge in [-0.2, -0.15) is 20.2 Å². The number of aromatic amines is 2. The van der Waals surface area contributed by atoms with Gasteiger partial charge in [-0.25, -0.2) is 15.4 Å². The first-order chi connectivity index (χ1) is 14.3. The van der Waals surface area contributed by atoms with Crippen LogP contribution in [0.2, 0.25) is 0 Å². The highest BCUT2D eigenvalue weighted by molar-refractivity contribution is 5.75. The number of aromatic nitrogens is 6. The lowest BCUT2D eigenvalue weighted by atomic mass is 10.3. The molecule has 0 aliphatic heterocycles. The van der Waals surface area contributed by atoms with Crippen LogP contribution < -0.4 is 16.2 Å². The highest BCUT2D eigenvalue weighted by Gasteiger charge is 2.05. The second kappa shape index (κ2) is 8.90. The lowest BCUT2D eigenvalue weighted by Crippen LogP contribution is -2.04. The molecule has 3 heterocycles. The molecule has 0 atom stereocenters. The van der Waals surface area contributed by atoms with Gasteiger partial charge in [0.1, 0.15) is 17.5 Å². The Morgan fingerprint density at radius 1 is 0.793 bits per heavy atom. The Kier molecular flexibility index (Phi) is 5.48. The molecule has 0 saturated heterocycles. The van der Waals surface area contributed by atoms with E-state index in [1.54, 1.807) is 37.1 Å². The van der Waals surface area contributed by atoms with Crippen LogP contribution in [0.4, 0.5) is 23.3 Å². The maximum absolute atomic E-state index is 4.42. The maximum Gasteiger partial charge on any atom is 0.247 e. The predicted molar refractivity (Wildman–Crippen MR) is 111 cm³/mol. The number of rotatable bonds is 8. The van der Waals surface area contributed by atoms with Crippen molar-refractivity contribution in [3.63, 3.8) is 0 Å². The molecule has 0 unspecified atom stereocenters. The molecule has 11 nitrogen and oxygen atoms in total. The van der Waals surface area contributed by atoms with E-state index in [-0.39, 0.29) is 5.95 Å². The van der Waals surface area contributed by atoms with Crippen molar-refractivity contribution in [2.24, 2.45) is 10.2 Å². The Morgan fingerprint density at radius 2 is 1.45 bits per heavy atom. The van der Waals surface area contributed by atoms with Crippen LogP contribution in [-0.2, 0) is 0 Å². The lowest BCUT2D eigenvalue weighted by molar-refractivity contribution is 1.10. The zero-order valence-electron chi connectivity index (χ0n) is 15.1. The molecule has 4 aromatic rings. The summed E-state index contributed by atoms with van der Waals surface area (Å²) in [7, 11) is 0. The molecule has 1 aromatic carbocycles. The maximum atomic E-state index is 4.42. The van der Waals surface area contributed by atoms with Crippen molar-refractivity contribution >= 4 is 35.7 Å². The third-order valence-electron chi connectivity index (χ3n) is 3.53. The van der Waals surface area contributed by atoms with E-state index >= 15 is 0 Å². The smallest absolute Gasteiger partial charge is 0.247 e. The Hall–Kier alpha value is -4.54. The fourth-order valence-electron chi connectivity index (χ4n) is 2.29. The number of hydrogen-bond acceptors (Lipinski definition) is 9. The number of nitrogens with zero attached hydrogens (tertiary/aromatic N) is 6. The molecule has 0 bridgehead atoms. The van der Waals surface area contributed by atoms with Gasteiger partial charge in [0.2, 0.25) is 5.95 Å². The topological polar surface area (TPSA) is 144 Å². The number of hydrogen-bond donors (Lipinski definition) is 5. The van der Waals surface area contributed by atoms with Crippen LogP contribution in [-0.4, -0.2) is 42.3 Å². The van der Waals surface area contributed by atoms with E-state index in [1.807, 2.05) is 30.3 Å². The summed E-state index contributed by atoms with van der Waals surface area (Å²) in [5.41, 5.74) is 6.54. The number of H-pyrrole nitrogens is 2. The zero-order chi connectivity index (χ0) is 19.7. The molecule has 11 heteroatoms. The minimum atomic E-state index is 0.282. The molecule has 29 heavy (non-hydrogen) atoms. The van der Waals surface area contributed by atoms with Gasteiger partial charge in [-0.15, -0.1) is 0 Å². The fourth-order valence-corrected chi connectivity index (χ4v) is 2.29. The SMILES string of the molecule is C(=NNc1cc(Nc2ccccc2)nc(NN=Cc2ncc[nH]2)n1)c1ncc[nH]1. The summed E-state index contributed by atoms with van der Waals surface area (Å²) in [5, 5.41) is 11.4. The van der Waals surface area contributed by atoms with Gasteiger partial charge in [-0.1, -0.05) is 18.2 Å². The van der Waals surface area contributed by atoms with E-state index in [9.17, 15) is 0 Å². The number of anilines is 4. The normalized spacial score (nSPS) is 11.2. The number of imidazole rings is 2. The van der Waals surface area contributed by atoms with Crippen molar-refractivity contribution in [3.05, 3.63) is 72.8 Å². The van der Waals surface area contributed by atoms with Crippen molar-refractivity contribution < 1.29 is 0 Å². The standard InChI is InChI=1S/C18H17N11/c1-2-4-13(5-3-1)25-14-10-15(28-23-11-16-19-6-7-20-16)27-18(26-14)29-24-12-17-21-8-9-22-17/h1-12H,(H,19,20)(H,21,22)(H3,25,26,27,28,29). The number of para-hydroxylation sites is 1. The number of benzene rings is 1. The summed E-state index contributed by atoms with van der Waals surface area (Å²) in [6.07, 6.45) is 9.79. The Morgan fingerprint density at radius 3 is 2.10 bits per heavy atom. The minimum absolute atomic E-state index is 0.282. The summed E-state index contributed by atoms with van der Waals surface area (Å²) in [6, 6.07) is 11.4. The zero-order valence-corrected chi connectivity index (χ0v) is 15.1. The summed E-state index contributed by atoms with van der Waals surface area (Å²) in [6.45, 7) is 0. The van der Waals surface area contributed by atoms with E-state index in [1.165, 1.54) is 6.21 Å². The molecule has 144 valence electrons. The van der Waals surface area contributed by atoms with E-state index in [0.29, 0.717) is 23.3 Å². The van der Waals surface area contributed by atoms with Gasteiger partial charge in [-0.3, -0.25) is 5.43 Å². The first kappa shape index (κ1) is 17.9. The van der Waals surface area contributed by atoms with Crippen LogP contribution in [0.25, 0.3) is 0 Å². The van der Waals surface area contributed by atoms with Gasteiger partial charge < -0.3 is 15.3 Å². The monoisotopic (exact) mass is 387 g/mol. The van der Waals surface area contributed by atoms with Crippen molar-refractivity contribution in [1.82, 2.24) is 29.9 Å². The average molecular weight is 387 g/mol. The van der Waals surface area contributed by atoms with Gasteiger partial charge >= 0.3 is 0 Å². The fraction of sp³-hybridized carbons (Fsp3) is 0. The minimum Gasteiger partial charge on any atom is -0.344 e. The van der Waals surface area contributed by atoms with Gasteiger partial charge in [0.15, 0.2) is 5.82 Å². The third-order valence-corrected chi connectivity index (χ3v) is 3.53. The average Bonchev–Trinajstić information content (AvgIpc) is 3.43. The van der Waals surface area contributed by atoms with Crippen molar-refractivity contribution in [3.8, 4) is 0 Å². The van der Waals surface area contributed by atoms with Gasteiger partial charge in [0, 0.05) is 36.5 Å². The van der Waals surface area contributed by atoms with Gasteiger partial charge in [0.25, 0.3) is 0 Å². The van der Waals surface area contributed by atoms with E-state index in [4.69, 9.17) is 0 Å².